The van der Waals surface area contributed by atoms with Gasteiger partial charge in [0.1, 0.15) is 4.60 Å². The fourth-order valence-corrected chi connectivity index (χ4v) is 4.60. The molecule has 0 saturated heterocycles. The largest absolute Gasteiger partial charge is 0.379 e. The van der Waals surface area contributed by atoms with Gasteiger partial charge in [0.25, 0.3) is 5.91 Å². The fraction of sp³-hybridized carbons (Fsp3) is 0.318. The predicted octanol–water partition coefficient (Wildman–Crippen LogP) is 5.31. The van der Waals surface area contributed by atoms with Crippen LogP contribution in [0.2, 0.25) is 10.0 Å². The molecular weight excluding hydrogens is 501 g/mol. The minimum Gasteiger partial charge on any atom is -0.379 e. The lowest BCUT2D eigenvalue weighted by Crippen LogP contribution is -2.34. The minimum absolute atomic E-state index is 0.217. The number of aromatic nitrogens is 2. The number of nitrogens with one attached hydrogen (secondary N) is 2. The molecule has 2 heterocycles. The summed E-state index contributed by atoms with van der Waals surface area (Å²) in [6.07, 6.45) is 5.50. The second kappa shape index (κ2) is 9.69. The molecule has 1 fully saturated rings. The minimum atomic E-state index is -0.297. The summed E-state index contributed by atoms with van der Waals surface area (Å²) in [7, 11) is 0. The van der Waals surface area contributed by atoms with Crippen molar-refractivity contribution in [2.24, 2.45) is 5.73 Å². The average molecular weight is 523 g/mol. The van der Waals surface area contributed by atoms with Gasteiger partial charge >= 0.3 is 0 Å². The zero-order valence-electron chi connectivity index (χ0n) is 16.7. The zero-order valence-corrected chi connectivity index (χ0v) is 19.8. The molecule has 31 heavy (non-hydrogen) atoms. The lowest BCUT2D eigenvalue weighted by Gasteiger charge is -2.28. The maximum Gasteiger partial charge on any atom is 0.272 e. The number of nitrogens with two attached hydrogens (primary N) is 1. The van der Waals surface area contributed by atoms with Crippen molar-refractivity contribution in [3.05, 3.63) is 62.4 Å². The number of nitrogens with zero attached hydrogens (tertiary/aromatic N) is 2. The van der Waals surface area contributed by atoms with Gasteiger partial charge in [-0.3, -0.25) is 9.78 Å². The van der Waals surface area contributed by atoms with Crippen molar-refractivity contribution in [3.63, 3.8) is 0 Å². The molecule has 0 bridgehead atoms. The molecule has 4 rings (SSSR count). The van der Waals surface area contributed by atoms with Crippen LogP contribution in [-0.2, 0) is 6.54 Å². The van der Waals surface area contributed by atoms with Gasteiger partial charge in [0.05, 0.1) is 21.2 Å². The van der Waals surface area contributed by atoms with E-state index in [1.807, 2.05) is 18.2 Å². The van der Waals surface area contributed by atoms with Gasteiger partial charge in [-0.15, -0.1) is 0 Å². The molecule has 0 atom stereocenters. The van der Waals surface area contributed by atoms with E-state index >= 15 is 0 Å². The monoisotopic (exact) mass is 521 g/mol. The van der Waals surface area contributed by atoms with E-state index in [1.165, 1.54) is 0 Å². The predicted molar refractivity (Wildman–Crippen MR) is 129 cm³/mol. The third-order valence-electron chi connectivity index (χ3n) is 5.49. The molecule has 2 aromatic heterocycles. The van der Waals surface area contributed by atoms with Crippen LogP contribution >= 0.6 is 39.1 Å². The van der Waals surface area contributed by atoms with Crippen molar-refractivity contribution < 1.29 is 4.79 Å². The van der Waals surface area contributed by atoms with Crippen LogP contribution in [0.25, 0.3) is 10.9 Å². The van der Waals surface area contributed by atoms with Crippen molar-refractivity contribution in [1.82, 2.24) is 15.3 Å². The van der Waals surface area contributed by atoms with Crippen LogP contribution in [0.15, 0.2) is 41.1 Å². The lowest BCUT2D eigenvalue weighted by atomic mass is 9.91. The highest BCUT2D eigenvalue weighted by molar-refractivity contribution is 9.10. The van der Waals surface area contributed by atoms with E-state index in [-0.39, 0.29) is 18.0 Å². The van der Waals surface area contributed by atoms with Crippen LogP contribution in [0.4, 0.5) is 5.69 Å². The number of carbonyl (C=O) groups excluding carboxylic acids is 1. The van der Waals surface area contributed by atoms with E-state index < -0.39 is 0 Å². The summed E-state index contributed by atoms with van der Waals surface area (Å²) in [5, 5.41) is 8.23. The topological polar surface area (TPSA) is 92.9 Å². The summed E-state index contributed by atoms with van der Waals surface area (Å²) in [5.74, 6) is -0.297. The second-order valence-corrected chi connectivity index (χ2v) is 9.28. The Morgan fingerprint density at radius 1 is 1.16 bits per heavy atom. The Balaban J connectivity index is 1.63. The van der Waals surface area contributed by atoms with Crippen LogP contribution in [-0.4, -0.2) is 28.0 Å². The fourth-order valence-electron chi connectivity index (χ4n) is 3.78. The molecule has 1 saturated carbocycles. The number of anilines is 1. The molecule has 0 spiro atoms. The van der Waals surface area contributed by atoms with Gasteiger partial charge in [-0.05, 0) is 71.4 Å². The molecule has 3 aromatic rings. The SMILES string of the molecule is NC1CCC(Nc2c(C(=O)NCc3ccc(Cl)c(Cl)c3)nc(Br)c3cccnc23)CC1. The second-order valence-electron chi connectivity index (χ2n) is 7.71. The Kier molecular flexibility index (Phi) is 6.96. The molecule has 0 aliphatic heterocycles. The number of rotatable bonds is 5. The summed E-state index contributed by atoms with van der Waals surface area (Å²) in [6, 6.07) is 9.51. The molecule has 162 valence electrons. The maximum absolute atomic E-state index is 13.1. The normalized spacial score (nSPS) is 18.7. The maximum atomic E-state index is 13.1. The van der Waals surface area contributed by atoms with Crippen molar-refractivity contribution in [1.29, 1.82) is 0 Å². The summed E-state index contributed by atoms with van der Waals surface area (Å²) >= 11 is 15.6. The first-order chi connectivity index (χ1) is 14.9. The highest BCUT2D eigenvalue weighted by atomic mass is 79.9. The molecule has 6 nitrogen and oxygen atoms in total. The van der Waals surface area contributed by atoms with Crippen LogP contribution in [0.1, 0.15) is 41.7 Å². The first-order valence-corrected chi connectivity index (χ1v) is 11.7. The van der Waals surface area contributed by atoms with Crippen molar-refractivity contribution >= 4 is 61.6 Å². The van der Waals surface area contributed by atoms with Gasteiger partial charge < -0.3 is 16.4 Å². The number of hydrogen-bond acceptors (Lipinski definition) is 5. The van der Waals surface area contributed by atoms with Crippen LogP contribution in [0.5, 0.6) is 0 Å². The quantitative estimate of drug-likeness (QED) is 0.395. The Morgan fingerprint density at radius 2 is 1.94 bits per heavy atom. The highest BCUT2D eigenvalue weighted by Gasteiger charge is 2.24. The van der Waals surface area contributed by atoms with E-state index in [1.54, 1.807) is 18.3 Å². The Labute approximate surface area is 199 Å². The van der Waals surface area contributed by atoms with Gasteiger partial charge in [-0.2, -0.15) is 0 Å². The van der Waals surface area contributed by atoms with Gasteiger partial charge in [0.2, 0.25) is 0 Å². The van der Waals surface area contributed by atoms with E-state index in [2.05, 4.69) is 36.5 Å². The summed E-state index contributed by atoms with van der Waals surface area (Å²) in [5.41, 5.74) is 8.55. The van der Waals surface area contributed by atoms with Gasteiger partial charge in [0, 0.05) is 30.2 Å². The van der Waals surface area contributed by atoms with Crippen LogP contribution in [0, 0.1) is 0 Å². The number of halogens is 3. The number of pyridine rings is 2. The van der Waals surface area contributed by atoms with Crippen molar-refractivity contribution in [2.45, 2.75) is 44.3 Å². The molecule has 1 aliphatic rings. The van der Waals surface area contributed by atoms with Crippen LogP contribution in [0.3, 0.4) is 0 Å². The molecule has 1 amide bonds. The molecule has 1 aromatic carbocycles. The summed E-state index contributed by atoms with van der Waals surface area (Å²) < 4.78 is 0.575. The van der Waals surface area contributed by atoms with Gasteiger partial charge in [-0.1, -0.05) is 29.3 Å². The standard InChI is InChI=1S/C22H22BrCl2N5O/c23-21-15-2-1-9-27-18(15)19(29-14-6-4-13(26)5-7-14)20(30-21)22(31)28-11-12-3-8-16(24)17(25)10-12/h1-3,8-10,13-14,29H,4-7,11,26H2,(H,28,31). The average Bonchev–Trinajstić information content (AvgIpc) is 2.77. The van der Waals surface area contributed by atoms with Crippen molar-refractivity contribution in [3.8, 4) is 0 Å². The third-order valence-corrected chi connectivity index (χ3v) is 6.83. The van der Waals surface area contributed by atoms with E-state index in [0.717, 1.165) is 36.6 Å². The number of carbonyl (C=O) groups is 1. The van der Waals surface area contributed by atoms with E-state index in [9.17, 15) is 4.79 Å². The van der Waals surface area contributed by atoms with Crippen molar-refractivity contribution in [2.75, 3.05) is 5.32 Å². The third kappa shape index (κ3) is 5.12. The first-order valence-electron chi connectivity index (χ1n) is 10.1. The van der Waals surface area contributed by atoms with Crippen LogP contribution < -0.4 is 16.4 Å². The Hall–Kier alpha value is -1.93. The highest BCUT2D eigenvalue weighted by Crippen LogP contribution is 2.32. The molecule has 9 heteroatoms. The van der Waals surface area contributed by atoms with E-state index in [0.29, 0.717) is 38.1 Å². The molecule has 0 radical (unpaired) electrons. The molecule has 1 aliphatic carbocycles. The van der Waals surface area contributed by atoms with E-state index in [4.69, 9.17) is 28.9 Å². The smallest absolute Gasteiger partial charge is 0.272 e. The summed E-state index contributed by atoms with van der Waals surface area (Å²) in [6.45, 7) is 0.299. The van der Waals surface area contributed by atoms with Gasteiger partial charge in [0.15, 0.2) is 5.69 Å². The lowest BCUT2D eigenvalue weighted by molar-refractivity contribution is 0.0946. The number of benzene rings is 1. The zero-order chi connectivity index (χ0) is 22.0. The number of fused-ring (bicyclic) bond motifs is 1. The summed E-state index contributed by atoms with van der Waals surface area (Å²) in [4.78, 5) is 22.2. The Bertz CT molecular complexity index is 1120. The van der Waals surface area contributed by atoms with Gasteiger partial charge in [-0.25, -0.2) is 4.98 Å². The number of amides is 1. The molecule has 4 N–H and O–H groups in total. The molecule has 0 unspecified atom stereocenters. The number of hydrogen-bond donors (Lipinski definition) is 3. The Morgan fingerprint density at radius 3 is 2.68 bits per heavy atom. The first kappa shape index (κ1) is 22.3. The molecular formula is C22H22BrCl2N5O.